The van der Waals surface area contributed by atoms with Crippen LogP contribution in [0.5, 0.6) is 0 Å². The Morgan fingerprint density at radius 3 is 2.67 bits per heavy atom. The molecule has 0 amide bonds. The van der Waals surface area contributed by atoms with Crippen molar-refractivity contribution < 1.29 is 8.42 Å². The van der Waals surface area contributed by atoms with Gasteiger partial charge in [-0.1, -0.05) is 28.9 Å². The lowest BCUT2D eigenvalue weighted by Gasteiger charge is -2.13. The van der Waals surface area contributed by atoms with Crippen LogP contribution in [-0.4, -0.2) is 27.3 Å². The van der Waals surface area contributed by atoms with Crippen molar-refractivity contribution in [3.63, 3.8) is 0 Å². The van der Waals surface area contributed by atoms with Gasteiger partial charge in [0.05, 0.1) is 10.6 Å². The summed E-state index contributed by atoms with van der Waals surface area (Å²) in [5.74, 6) is 0.210. The molecule has 3 nitrogen and oxygen atoms in total. The van der Waals surface area contributed by atoms with Crippen molar-refractivity contribution >= 4 is 25.8 Å². The predicted molar refractivity (Wildman–Crippen MR) is 78.6 cm³/mol. The van der Waals surface area contributed by atoms with Crippen molar-refractivity contribution in [2.75, 3.05) is 12.8 Å². The van der Waals surface area contributed by atoms with Crippen LogP contribution in [0.4, 0.5) is 0 Å². The molecule has 0 bridgehead atoms. The molecule has 0 aliphatic heterocycles. The average molecular weight is 334 g/mol. The smallest absolute Gasteiger partial charge is 0.178 e. The van der Waals surface area contributed by atoms with E-state index in [1.807, 2.05) is 13.1 Å². The summed E-state index contributed by atoms with van der Waals surface area (Å²) in [6.45, 7) is 2.10. The molecule has 0 aliphatic carbocycles. The van der Waals surface area contributed by atoms with Crippen LogP contribution < -0.4 is 5.32 Å². The normalized spacial score (nSPS) is 13.5. The molecule has 0 radical (unpaired) electrons. The number of benzene rings is 1. The topological polar surface area (TPSA) is 46.2 Å². The molecular formula is C13H20BrNO2S. The Balaban J connectivity index is 2.60. The Hall–Kier alpha value is -0.390. The fourth-order valence-electron chi connectivity index (χ4n) is 1.85. The van der Waals surface area contributed by atoms with Gasteiger partial charge in [0, 0.05) is 10.5 Å². The Morgan fingerprint density at radius 2 is 2.11 bits per heavy atom. The van der Waals surface area contributed by atoms with Gasteiger partial charge in [-0.05, 0) is 44.5 Å². The molecule has 102 valence electrons. The number of sulfone groups is 1. The van der Waals surface area contributed by atoms with Crippen molar-refractivity contribution in [1.82, 2.24) is 5.32 Å². The van der Waals surface area contributed by atoms with Crippen LogP contribution in [0, 0.1) is 0 Å². The van der Waals surface area contributed by atoms with E-state index in [0.29, 0.717) is 17.4 Å². The van der Waals surface area contributed by atoms with Gasteiger partial charge in [-0.2, -0.15) is 0 Å². The molecule has 1 atom stereocenters. The number of nitrogens with one attached hydrogen (secondary N) is 1. The Bertz CT molecular complexity index is 470. The first-order valence-electron chi connectivity index (χ1n) is 6.15. The molecule has 1 aromatic carbocycles. The first-order chi connectivity index (χ1) is 8.49. The molecule has 1 rings (SSSR count). The van der Waals surface area contributed by atoms with Crippen molar-refractivity contribution in [3.8, 4) is 0 Å². The lowest BCUT2D eigenvalue weighted by molar-refractivity contribution is 0.500. The molecule has 0 aliphatic rings. The van der Waals surface area contributed by atoms with E-state index in [9.17, 15) is 8.42 Å². The number of hydrogen-bond acceptors (Lipinski definition) is 3. The van der Waals surface area contributed by atoms with Crippen molar-refractivity contribution in [1.29, 1.82) is 0 Å². The first-order valence-corrected chi connectivity index (χ1v) is 8.59. The van der Waals surface area contributed by atoms with Gasteiger partial charge in [-0.15, -0.1) is 0 Å². The third kappa shape index (κ3) is 4.71. The van der Waals surface area contributed by atoms with Crippen molar-refractivity contribution in [2.45, 2.75) is 37.1 Å². The Morgan fingerprint density at radius 1 is 1.39 bits per heavy atom. The van der Waals surface area contributed by atoms with E-state index in [1.54, 1.807) is 18.2 Å². The van der Waals surface area contributed by atoms with E-state index in [2.05, 4.69) is 28.2 Å². The highest BCUT2D eigenvalue weighted by Crippen LogP contribution is 2.18. The number of rotatable bonds is 7. The molecule has 0 spiro atoms. The summed E-state index contributed by atoms with van der Waals surface area (Å²) < 4.78 is 25.0. The van der Waals surface area contributed by atoms with Crippen LogP contribution in [-0.2, 0) is 9.84 Å². The van der Waals surface area contributed by atoms with Crippen molar-refractivity contribution in [2.24, 2.45) is 0 Å². The average Bonchev–Trinajstić information content (AvgIpc) is 2.34. The zero-order chi connectivity index (χ0) is 13.6. The summed E-state index contributed by atoms with van der Waals surface area (Å²) in [6.07, 6.45) is 2.60. The number of halogens is 1. The van der Waals surface area contributed by atoms with Crippen LogP contribution in [0.3, 0.4) is 0 Å². The molecule has 0 saturated carbocycles. The zero-order valence-electron chi connectivity index (χ0n) is 10.8. The summed E-state index contributed by atoms with van der Waals surface area (Å²) in [5.41, 5.74) is 0. The maximum absolute atomic E-state index is 12.1. The van der Waals surface area contributed by atoms with Gasteiger partial charge in [0.1, 0.15) is 0 Å². The minimum atomic E-state index is -3.15. The third-order valence-corrected chi connectivity index (χ3v) is 5.31. The van der Waals surface area contributed by atoms with Crippen LogP contribution in [0.1, 0.15) is 26.2 Å². The molecular weight excluding hydrogens is 314 g/mol. The van der Waals surface area contributed by atoms with Gasteiger partial charge in [0.2, 0.25) is 0 Å². The maximum atomic E-state index is 12.1. The van der Waals surface area contributed by atoms with E-state index in [0.717, 1.165) is 17.3 Å². The predicted octanol–water partition coefficient (Wildman–Crippen LogP) is 3.00. The minimum absolute atomic E-state index is 0.210. The molecule has 0 aromatic heterocycles. The van der Waals surface area contributed by atoms with E-state index in [4.69, 9.17) is 0 Å². The van der Waals surface area contributed by atoms with Gasteiger partial charge in [0.25, 0.3) is 0 Å². The summed E-state index contributed by atoms with van der Waals surface area (Å²) in [4.78, 5) is 0.398. The van der Waals surface area contributed by atoms with E-state index in [-0.39, 0.29) is 5.75 Å². The monoisotopic (exact) mass is 333 g/mol. The second-order valence-electron chi connectivity index (χ2n) is 4.31. The minimum Gasteiger partial charge on any atom is -0.317 e. The highest BCUT2D eigenvalue weighted by Gasteiger charge is 2.15. The fraction of sp³-hybridized carbons (Fsp3) is 0.538. The molecule has 0 fully saturated rings. The zero-order valence-corrected chi connectivity index (χ0v) is 13.2. The van der Waals surface area contributed by atoms with Crippen LogP contribution in [0.25, 0.3) is 0 Å². The number of hydrogen-bond donors (Lipinski definition) is 1. The lowest BCUT2D eigenvalue weighted by atomic mass is 10.1. The summed E-state index contributed by atoms with van der Waals surface area (Å²) in [6, 6.07) is 7.29. The van der Waals surface area contributed by atoms with Crippen molar-refractivity contribution in [3.05, 3.63) is 28.7 Å². The van der Waals surface area contributed by atoms with Gasteiger partial charge in [-0.3, -0.25) is 0 Å². The van der Waals surface area contributed by atoms with E-state index in [1.165, 1.54) is 0 Å². The standard InChI is InChI=1S/C13H20BrNO2S/c1-3-12(15-2)7-5-9-18(16,17)13-8-4-6-11(14)10-13/h4,6,8,10,12,15H,3,5,7,9H2,1-2H3. The summed E-state index contributed by atoms with van der Waals surface area (Å²) in [7, 11) is -1.24. The van der Waals surface area contributed by atoms with Crippen LogP contribution in [0.15, 0.2) is 33.6 Å². The van der Waals surface area contributed by atoms with Gasteiger partial charge < -0.3 is 5.32 Å². The maximum Gasteiger partial charge on any atom is 0.178 e. The molecule has 1 aromatic rings. The highest BCUT2D eigenvalue weighted by molar-refractivity contribution is 9.10. The largest absolute Gasteiger partial charge is 0.317 e. The molecule has 5 heteroatoms. The Labute approximate surface area is 118 Å². The molecule has 0 saturated heterocycles. The first kappa shape index (κ1) is 15.7. The molecule has 1 unspecified atom stereocenters. The molecule has 1 N–H and O–H groups in total. The summed E-state index contributed by atoms with van der Waals surface area (Å²) >= 11 is 3.29. The summed E-state index contributed by atoms with van der Waals surface area (Å²) in [5, 5.41) is 3.18. The highest BCUT2D eigenvalue weighted by atomic mass is 79.9. The molecule has 0 heterocycles. The van der Waals surface area contributed by atoms with E-state index < -0.39 is 9.84 Å². The second kappa shape index (κ2) is 7.26. The van der Waals surface area contributed by atoms with Crippen LogP contribution >= 0.6 is 15.9 Å². The Kier molecular flexibility index (Phi) is 6.32. The quantitative estimate of drug-likeness (QED) is 0.834. The van der Waals surface area contributed by atoms with Gasteiger partial charge in [0.15, 0.2) is 9.84 Å². The van der Waals surface area contributed by atoms with E-state index >= 15 is 0 Å². The van der Waals surface area contributed by atoms with Gasteiger partial charge in [-0.25, -0.2) is 8.42 Å². The fourth-order valence-corrected chi connectivity index (χ4v) is 3.78. The third-order valence-electron chi connectivity index (χ3n) is 3.02. The lowest BCUT2D eigenvalue weighted by Crippen LogP contribution is -2.24. The molecule has 18 heavy (non-hydrogen) atoms. The SMILES string of the molecule is CCC(CCCS(=O)(=O)c1cccc(Br)c1)NC. The van der Waals surface area contributed by atoms with Crippen LogP contribution in [0.2, 0.25) is 0 Å². The second-order valence-corrected chi connectivity index (χ2v) is 7.34. The van der Waals surface area contributed by atoms with Gasteiger partial charge >= 0.3 is 0 Å².